The number of para-hydroxylation sites is 1. The predicted molar refractivity (Wildman–Crippen MR) is 159 cm³/mol. The van der Waals surface area contributed by atoms with E-state index in [-0.39, 0.29) is 31.5 Å². The maximum atomic E-state index is 13.2. The second-order valence-electron chi connectivity index (χ2n) is 10.6. The van der Waals surface area contributed by atoms with Gasteiger partial charge in [-0.1, -0.05) is 30.3 Å². The van der Waals surface area contributed by atoms with Crippen LogP contribution in [0.3, 0.4) is 0 Å². The summed E-state index contributed by atoms with van der Waals surface area (Å²) in [5, 5.41) is 13.9. The molecule has 0 aliphatic heterocycles. The fraction of sp³-hybridized carbons (Fsp3) is 0.242. The van der Waals surface area contributed by atoms with E-state index in [0.717, 1.165) is 39.5 Å². The first-order valence-corrected chi connectivity index (χ1v) is 13.9. The Morgan fingerprint density at radius 2 is 1.61 bits per heavy atom. The Bertz CT molecular complexity index is 1810. The van der Waals surface area contributed by atoms with Gasteiger partial charge in [-0.25, -0.2) is 4.79 Å². The standard InChI is InChI=1S/C33H30F3N3O5/c1-44-23-11-12-29-26(16-23)27(18-38-29)25(19-6-8-21(9-7-19)33(34,35)36)15-22(40)10-13-31(41)39-30(32(42)43)14-20-17-37-28-5-3-2-4-24(20)28/h2-9,11-12,16-18,25,30,37-38H,10,13-15H2,1H3,(H,39,41)(H,42,43)/t25?,30-/m0/s1. The molecule has 0 aliphatic carbocycles. The number of carboxylic acid groups (broad SMARTS) is 1. The average molecular weight is 606 g/mol. The van der Waals surface area contributed by atoms with Crippen LogP contribution in [0.15, 0.2) is 79.1 Å². The van der Waals surface area contributed by atoms with Crippen molar-refractivity contribution < 1.29 is 37.4 Å². The van der Waals surface area contributed by atoms with Crippen LogP contribution in [0.5, 0.6) is 5.75 Å². The number of nitrogens with one attached hydrogen (secondary N) is 3. The minimum Gasteiger partial charge on any atom is -0.497 e. The number of alkyl halides is 3. The lowest BCUT2D eigenvalue weighted by Gasteiger charge is -2.18. The van der Waals surface area contributed by atoms with Gasteiger partial charge in [-0.2, -0.15) is 13.2 Å². The van der Waals surface area contributed by atoms with Crippen LogP contribution in [0.2, 0.25) is 0 Å². The van der Waals surface area contributed by atoms with Crippen molar-refractivity contribution in [3.05, 3.63) is 101 Å². The number of carbonyl (C=O) groups is 3. The summed E-state index contributed by atoms with van der Waals surface area (Å²) in [5.41, 5.74) is 2.74. The molecule has 3 aromatic carbocycles. The first-order chi connectivity index (χ1) is 21.0. The van der Waals surface area contributed by atoms with Gasteiger partial charge in [-0.3, -0.25) is 9.59 Å². The average Bonchev–Trinajstić information content (AvgIpc) is 3.62. The van der Waals surface area contributed by atoms with Gasteiger partial charge >= 0.3 is 12.1 Å². The molecular formula is C33H30F3N3O5. The Kier molecular flexibility index (Phi) is 8.75. The molecule has 0 fully saturated rings. The number of ether oxygens (including phenoxy) is 1. The summed E-state index contributed by atoms with van der Waals surface area (Å²) in [5.74, 6) is -2.12. The topological polar surface area (TPSA) is 124 Å². The van der Waals surface area contributed by atoms with Crippen LogP contribution in [0, 0.1) is 0 Å². The molecule has 1 unspecified atom stereocenters. The molecule has 44 heavy (non-hydrogen) atoms. The Labute approximate surface area is 250 Å². The van der Waals surface area contributed by atoms with Crippen molar-refractivity contribution in [2.24, 2.45) is 0 Å². The Morgan fingerprint density at radius 1 is 0.909 bits per heavy atom. The molecule has 4 N–H and O–H groups in total. The third kappa shape index (κ3) is 6.77. The first kappa shape index (κ1) is 30.4. The quantitative estimate of drug-likeness (QED) is 0.132. The van der Waals surface area contributed by atoms with Gasteiger partial charge in [0.25, 0.3) is 0 Å². The molecule has 2 heterocycles. The highest BCUT2D eigenvalue weighted by molar-refractivity contribution is 5.90. The van der Waals surface area contributed by atoms with Crippen molar-refractivity contribution in [3.8, 4) is 5.75 Å². The van der Waals surface area contributed by atoms with Crippen molar-refractivity contribution in [1.29, 1.82) is 0 Å². The number of aromatic amines is 2. The minimum absolute atomic E-state index is 0.0546. The van der Waals surface area contributed by atoms with Crippen molar-refractivity contribution in [2.45, 2.75) is 43.8 Å². The molecule has 1 amide bonds. The van der Waals surface area contributed by atoms with Gasteiger partial charge in [-0.15, -0.1) is 0 Å². The van der Waals surface area contributed by atoms with E-state index in [0.29, 0.717) is 16.9 Å². The lowest BCUT2D eigenvalue weighted by atomic mass is 9.85. The van der Waals surface area contributed by atoms with Crippen LogP contribution in [-0.4, -0.2) is 45.9 Å². The number of methoxy groups -OCH3 is 1. The van der Waals surface area contributed by atoms with E-state index >= 15 is 0 Å². The highest BCUT2D eigenvalue weighted by atomic mass is 19.4. The number of hydrogen-bond donors (Lipinski definition) is 4. The summed E-state index contributed by atoms with van der Waals surface area (Å²) in [6, 6.07) is 16.3. The van der Waals surface area contributed by atoms with E-state index in [1.54, 1.807) is 24.5 Å². The zero-order chi connectivity index (χ0) is 31.4. The molecule has 228 valence electrons. The first-order valence-electron chi connectivity index (χ1n) is 13.9. The van der Waals surface area contributed by atoms with Gasteiger partial charge in [0.2, 0.25) is 5.91 Å². The van der Waals surface area contributed by atoms with Crippen molar-refractivity contribution in [3.63, 3.8) is 0 Å². The smallest absolute Gasteiger partial charge is 0.416 e. The monoisotopic (exact) mass is 605 g/mol. The maximum Gasteiger partial charge on any atom is 0.416 e. The molecule has 2 atom stereocenters. The van der Waals surface area contributed by atoms with Crippen LogP contribution in [0.1, 0.15) is 47.4 Å². The Morgan fingerprint density at radius 3 is 2.32 bits per heavy atom. The number of carbonyl (C=O) groups excluding carboxylic acids is 2. The van der Waals surface area contributed by atoms with Gasteiger partial charge in [0.1, 0.15) is 17.6 Å². The number of Topliss-reactive ketones (excluding diaryl/α,β-unsaturated/α-hetero) is 1. The zero-order valence-corrected chi connectivity index (χ0v) is 23.7. The molecule has 5 rings (SSSR count). The minimum atomic E-state index is -4.51. The van der Waals surface area contributed by atoms with Crippen LogP contribution in [0.25, 0.3) is 21.8 Å². The highest BCUT2D eigenvalue weighted by Crippen LogP contribution is 2.37. The second-order valence-corrected chi connectivity index (χ2v) is 10.6. The van der Waals surface area contributed by atoms with Gasteiger partial charge < -0.3 is 25.1 Å². The van der Waals surface area contributed by atoms with Crippen molar-refractivity contribution >= 4 is 39.5 Å². The number of aromatic nitrogens is 2. The van der Waals surface area contributed by atoms with E-state index in [2.05, 4.69) is 15.3 Å². The predicted octanol–water partition coefficient (Wildman–Crippen LogP) is 6.36. The molecule has 0 saturated carbocycles. The molecule has 0 spiro atoms. The number of carboxylic acids is 1. The van der Waals surface area contributed by atoms with E-state index in [4.69, 9.17) is 4.74 Å². The number of hydrogen-bond acceptors (Lipinski definition) is 4. The summed E-state index contributed by atoms with van der Waals surface area (Å²) >= 11 is 0. The normalized spacial score (nSPS) is 13.1. The van der Waals surface area contributed by atoms with E-state index in [1.807, 2.05) is 30.3 Å². The number of rotatable bonds is 12. The fourth-order valence-electron chi connectivity index (χ4n) is 5.42. The van der Waals surface area contributed by atoms with Gasteiger partial charge in [-0.05, 0) is 53.1 Å². The second kappa shape index (κ2) is 12.7. The third-order valence-corrected chi connectivity index (χ3v) is 7.73. The van der Waals surface area contributed by atoms with Crippen molar-refractivity contribution in [1.82, 2.24) is 15.3 Å². The number of ketones is 1. The van der Waals surface area contributed by atoms with E-state index < -0.39 is 35.6 Å². The Hall–Kier alpha value is -5.06. The molecular weight excluding hydrogens is 575 g/mol. The number of aliphatic carboxylic acids is 1. The molecule has 2 aromatic heterocycles. The van der Waals surface area contributed by atoms with E-state index in [9.17, 15) is 32.7 Å². The summed E-state index contributed by atoms with van der Waals surface area (Å²) in [4.78, 5) is 44.1. The Balaban J connectivity index is 1.30. The summed E-state index contributed by atoms with van der Waals surface area (Å²) < 4.78 is 45.1. The number of H-pyrrole nitrogens is 2. The summed E-state index contributed by atoms with van der Waals surface area (Å²) in [7, 11) is 1.52. The lowest BCUT2D eigenvalue weighted by Crippen LogP contribution is -2.42. The highest BCUT2D eigenvalue weighted by Gasteiger charge is 2.31. The zero-order valence-electron chi connectivity index (χ0n) is 23.7. The SMILES string of the molecule is COc1ccc2[nH]cc(C(CC(=O)CCC(=O)N[C@@H](Cc3c[nH]c4ccccc34)C(=O)O)c3ccc(C(F)(F)F)cc3)c2c1. The molecule has 0 aliphatic rings. The third-order valence-electron chi connectivity index (χ3n) is 7.73. The maximum absolute atomic E-state index is 13.2. The number of benzene rings is 3. The van der Waals surface area contributed by atoms with Gasteiger partial charge in [0.15, 0.2) is 0 Å². The summed E-state index contributed by atoms with van der Waals surface area (Å²) in [6.45, 7) is 0. The van der Waals surface area contributed by atoms with Crippen LogP contribution < -0.4 is 10.1 Å². The molecule has 8 nitrogen and oxygen atoms in total. The number of halogens is 3. The molecule has 0 saturated heterocycles. The van der Waals surface area contributed by atoms with Gasteiger partial charge in [0, 0.05) is 65.8 Å². The number of amides is 1. The molecule has 0 radical (unpaired) electrons. The van der Waals surface area contributed by atoms with Crippen molar-refractivity contribution in [2.75, 3.05) is 7.11 Å². The van der Waals surface area contributed by atoms with Crippen LogP contribution in [-0.2, 0) is 27.0 Å². The fourth-order valence-corrected chi connectivity index (χ4v) is 5.42. The van der Waals surface area contributed by atoms with Crippen LogP contribution in [0.4, 0.5) is 13.2 Å². The molecule has 0 bridgehead atoms. The molecule has 5 aromatic rings. The number of fused-ring (bicyclic) bond motifs is 2. The van der Waals surface area contributed by atoms with E-state index in [1.165, 1.54) is 19.2 Å². The van der Waals surface area contributed by atoms with Crippen LogP contribution >= 0.6 is 0 Å². The largest absolute Gasteiger partial charge is 0.497 e. The summed E-state index contributed by atoms with van der Waals surface area (Å²) in [6.07, 6.45) is -1.52. The lowest BCUT2D eigenvalue weighted by molar-refractivity contribution is -0.141. The van der Waals surface area contributed by atoms with Gasteiger partial charge in [0.05, 0.1) is 12.7 Å². The molecule has 11 heteroatoms.